The lowest BCUT2D eigenvalue weighted by molar-refractivity contribution is -0.140. The van der Waals surface area contributed by atoms with Gasteiger partial charge in [0.2, 0.25) is 11.8 Å². The molecule has 0 bridgehead atoms. The number of nitrogens with zero attached hydrogens (tertiary/aromatic N) is 2. The number of carbonyl (C=O) groups is 3. The Morgan fingerprint density at radius 3 is 2.68 bits per heavy atom. The van der Waals surface area contributed by atoms with Crippen LogP contribution in [-0.2, 0) is 9.59 Å². The lowest BCUT2D eigenvalue weighted by atomic mass is 9.97. The molecule has 4 rings (SSSR count). The Kier molecular flexibility index (Phi) is 5.81. The minimum Gasteiger partial charge on any atom is -0.394 e. The second-order valence-electron chi connectivity index (χ2n) is 9.52. The van der Waals surface area contributed by atoms with Crippen LogP contribution < -0.4 is 5.32 Å². The molecule has 3 amide bonds. The number of nitrogens with one attached hydrogen (secondary N) is 1. The molecule has 2 N–H and O–H groups in total. The third kappa shape index (κ3) is 3.63. The number of aliphatic hydroxyl groups excluding tert-OH is 1. The maximum absolute atomic E-state index is 13.5. The fraction of sp³-hybridized carbons (Fsp3) is 0.609. The van der Waals surface area contributed by atoms with Crippen molar-refractivity contribution in [3.8, 4) is 0 Å². The zero-order valence-corrected chi connectivity index (χ0v) is 19.3. The van der Waals surface area contributed by atoms with E-state index in [4.69, 9.17) is 0 Å². The molecule has 0 radical (unpaired) electrons. The summed E-state index contributed by atoms with van der Waals surface area (Å²) in [7, 11) is 0. The van der Waals surface area contributed by atoms with Crippen LogP contribution in [0.4, 0.5) is 0 Å². The predicted octanol–water partition coefficient (Wildman–Crippen LogP) is 2.16. The molecule has 0 saturated carbocycles. The first-order chi connectivity index (χ1) is 14.7. The Morgan fingerprint density at radius 2 is 2.00 bits per heavy atom. The van der Waals surface area contributed by atoms with Gasteiger partial charge in [-0.25, -0.2) is 0 Å². The quantitative estimate of drug-likeness (QED) is 0.725. The van der Waals surface area contributed by atoms with Gasteiger partial charge < -0.3 is 20.2 Å². The second-order valence-corrected chi connectivity index (χ2v) is 11.3. The van der Waals surface area contributed by atoms with Crippen molar-refractivity contribution in [2.24, 2.45) is 5.92 Å². The molecule has 3 aliphatic heterocycles. The highest BCUT2D eigenvalue weighted by molar-refractivity contribution is 8.01. The van der Waals surface area contributed by atoms with Gasteiger partial charge in [0, 0.05) is 16.9 Å². The summed E-state index contributed by atoms with van der Waals surface area (Å²) in [4.78, 5) is 43.3. The number of fused-ring (bicyclic) bond motifs is 3. The van der Waals surface area contributed by atoms with Crippen molar-refractivity contribution < 1.29 is 19.5 Å². The Bertz CT molecular complexity index is 903. The van der Waals surface area contributed by atoms with Crippen LogP contribution in [0.25, 0.3) is 0 Å². The van der Waals surface area contributed by atoms with Crippen molar-refractivity contribution in [1.29, 1.82) is 0 Å². The average molecular weight is 446 g/mol. The smallest absolute Gasteiger partial charge is 0.256 e. The van der Waals surface area contributed by atoms with Crippen LogP contribution >= 0.6 is 11.8 Å². The van der Waals surface area contributed by atoms with Crippen LogP contribution in [0.5, 0.6) is 0 Å². The van der Waals surface area contributed by atoms with Crippen LogP contribution in [0.2, 0.25) is 0 Å². The van der Waals surface area contributed by atoms with Gasteiger partial charge in [0.15, 0.2) is 0 Å². The highest BCUT2D eigenvalue weighted by atomic mass is 32.2. The second kappa shape index (κ2) is 8.13. The highest BCUT2D eigenvalue weighted by Crippen LogP contribution is 2.56. The van der Waals surface area contributed by atoms with Gasteiger partial charge in [-0.3, -0.25) is 14.4 Å². The van der Waals surface area contributed by atoms with Gasteiger partial charge in [-0.2, -0.15) is 0 Å². The van der Waals surface area contributed by atoms with Gasteiger partial charge >= 0.3 is 0 Å². The van der Waals surface area contributed by atoms with Crippen LogP contribution in [0.1, 0.15) is 61.8 Å². The summed E-state index contributed by atoms with van der Waals surface area (Å²) < 4.78 is -0.496. The first-order valence-electron chi connectivity index (χ1n) is 11.0. The molecule has 1 aromatic rings. The Hall–Kier alpha value is -2.06. The lowest BCUT2D eigenvalue weighted by Crippen LogP contribution is -2.59. The van der Waals surface area contributed by atoms with Crippen LogP contribution in [0, 0.1) is 5.92 Å². The molecule has 0 spiro atoms. The average Bonchev–Trinajstić information content (AvgIpc) is 3.38. The van der Waals surface area contributed by atoms with Crippen molar-refractivity contribution >= 4 is 29.5 Å². The molecule has 1 aromatic carbocycles. The van der Waals surface area contributed by atoms with E-state index in [0.717, 1.165) is 18.4 Å². The molecule has 4 atom stereocenters. The summed E-state index contributed by atoms with van der Waals surface area (Å²) in [5, 5.41) is 12.4. The van der Waals surface area contributed by atoms with E-state index in [0.29, 0.717) is 12.1 Å². The van der Waals surface area contributed by atoms with Crippen LogP contribution in [0.3, 0.4) is 0 Å². The molecular weight excluding hydrogens is 414 g/mol. The van der Waals surface area contributed by atoms with E-state index < -0.39 is 16.8 Å². The molecule has 2 saturated heterocycles. The first kappa shape index (κ1) is 22.1. The van der Waals surface area contributed by atoms with E-state index in [-0.39, 0.29) is 41.7 Å². The Labute approximate surface area is 187 Å². The zero-order chi connectivity index (χ0) is 22.5. The Morgan fingerprint density at radius 1 is 1.29 bits per heavy atom. The third-order valence-electron chi connectivity index (χ3n) is 6.65. The van der Waals surface area contributed by atoms with E-state index >= 15 is 0 Å². The van der Waals surface area contributed by atoms with Gasteiger partial charge in [0.05, 0.1) is 12.6 Å². The number of likely N-dealkylation sites (tertiary alicyclic amines) is 1. The van der Waals surface area contributed by atoms with Gasteiger partial charge in [-0.1, -0.05) is 32.0 Å². The molecule has 3 heterocycles. The number of rotatable bonds is 5. The van der Waals surface area contributed by atoms with Gasteiger partial charge in [-0.15, -0.1) is 11.8 Å². The van der Waals surface area contributed by atoms with Crippen molar-refractivity contribution in [2.75, 3.05) is 13.2 Å². The number of aliphatic hydroxyl groups is 1. The number of amides is 3. The van der Waals surface area contributed by atoms with Crippen molar-refractivity contribution in [1.82, 2.24) is 15.1 Å². The van der Waals surface area contributed by atoms with Crippen LogP contribution in [-0.4, -0.2) is 68.7 Å². The Balaban J connectivity index is 1.58. The molecular formula is C23H31N3O4S. The van der Waals surface area contributed by atoms with Gasteiger partial charge in [-0.05, 0) is 44.2 Å². The summed E-state index contributed by atoms with van der Waals surface area (Å²) in [6.45, 7) is 8.28. The SMILES string of the molecule is CC(C)[C@H](NC(=O)[C@H]1N2C(=O)c3ccccc3[C@H]2SC1(C)C)C(=O)N1CCC[C@H]1CO. The normalized spacial score (nSPS) is 27.4. The van der Waals surface area contributed by atoms with Gasteiger partial charge in [0.25, 0.3) is 5.91 Å². The number of thioether (sulfide) groups is 1. The summed E-state index contributed by atoms with van der Waals surface area (Å²) in [6.07, 6.45) is 1.62. The minimum absolute atomic E-state index is 0.0704. The number of carbonyl (C=O) groups excluding carboxylic acids is 3. The van der Waals surface area contributed by atoms with E-state index in [2.05, 4.69) is 5.32 Å². The largest absolute Gasteiger partial charge is 0.394 e. The van der Waals surface area contributed by atoms with Crippen molar-refractivity contribution in [3.63, 3.8) is 0 Å². The zero-order valence-electron chi connectivity index (χ0n) is 18.5. The molecule has 0 aromatic heterocycles. The lowest BCUT2D eigenvalue weighted by Gasteiger charge is -2.34. The van der Waals surface area contributed by atoms with E-state index in [1.54, 1.807) is 27.6 Å². The molecule has 31 heavy (non-hydrogen) atoms. The topological polar surface area (TPSA) is 90.0 Å². The number of hydrogen-bond acceptors (Lipinski definition) is 5. The van der Waals surface area contributed by atoms with E-state index in [1.807, 2.05) is 45.9 Å². The standard InChI is InChI=1S/C23H31N3O4S/c1-13(2)17(21(30)25-11-7-8-14(25)12-27)24-19(28)18-23(3,4)31-22-16-10-6-5-9-15(16)20(29)26(18)22/h5-6,9-10,13-14,17-18,22,27H,7-8,11-12H2,1-4H3,(H,24,28)/t14-,17-,18+,22+/m0/s1. The summed E-state index contributed by atoms with van der Waals surface area (Å²) in [6, 6.07) is 5.94. The minimum atomic E-state index is -0.695. The predicted molar refractivity (Wildman–Crippen MR) is 119 cm³/mol. The monoisotopic (exact) mass is 445 g/mol. The molecule has 7 nitrogen and oxygen atoms in total. The molecule has 168 valence electrons. The van der Waals surface area contributed by atoms with E-state index in [9.17, 15) is 19.5 Å². The van der Waals surface area contributed by atoms with Gasteiger partial charge in [0.1, 0.15) is 17.5 Å². The maximum Gasteiger partial charge on any atom is 0.256 e. The summed E-state index contributed by atoms with van der Waals surface area (Å²) in [5.41, 5.74) is 1.59. The third-order valence-corrected chi connectivity index (χ3v) is 8.18. The number of hydrogen-bond donors (Lipinski definition) is 2. The van der Waals surface area contributed by atoms with E-state index in [1.165, 1.54) is 0 Å². The highest BCUT2D eigenvalue weighted by Gasteiger charge is 2.57. The molecule has 8 heteroatoms. The summed E-state index contributed by atoms with van der Waals surface area (Å²) in [5.74, 6) is -0.703. The fourth-order valence-electron chi connectivity index (χ4n) is 5.04. The first-order valence-corrected chi connectivity index (χ1v) is 11.9. The van der Waals surface area contributed by atoms with Crippen LogP contribution in [0.15, 0.2) is 24.3 Å². The molecule has 3 aliphatic rings. The molecule has 2 fully saturated rings. The maximum atomic E-state index is 13.5. The molecule has 0 unspecified atom stereocenters. The van der Waals surface area contributed by atoms with Crippen molar-refractivity contribution in [3.05, 3.63) is 35.4 Å². The molecule has 0 aliphatic carbocycles. The number of benzene rings is 1. The summed E-state index contributed by atoms with van der Waals surface area (Å²) >= 11 is 1.61. The fourth-order valence-corrected chi connectivity index (χ4v) is 6.63. The van der Waals surface area contributed by atoms with Crippen molar-refractivity contribution in [2.45, 2.75) is 68.8 Å².